The monoisotopic (exact) mass is 914 g/mol. The highest BCUT2D eigenvalue weighted by molar-refractivity contribution is 5.97. The first-order valence-corrected chi connectivity index (χ1v) is 23.6. The van der Waals surface area contributed by atoms with E-state index < -0.39 is 47.2 Å². The number of amides is 4. The molecule has 0 radical (unpaired) electrons. The van der Waals surface area contributed by atoms with Gasteiger partial charge < -0.3 is 34.3 Å². The van der Waals surface area contributed by atoms with E-state index in [0.29, 0.717) is 50.9 Å². The van der Waals surface area contributed by atoms with Crippen molar-refractivity contribution in [3.05, 3.63) is 77.4 Å². The summed E-state index contributed by atoms with van der Waals surface area (Å²) in [5, 5.41) is 16.8. The number of aromatic hydroxyl groups is 1. The van der Waals surface area contributed by atoms with Crippen LogP contribution in [0.4, 0.5) is 0 Å². The van der Waals surface area contributed by atoms with E-state index in [2.05, 4.69) is 84.3 Å². The molecule has 4 aromatic rings. The molecule has 14 nitrogen and oxygen atoms in total. The van der Waals surface area contributed by atoms with Gasteiger partial charge in [0.1, 0.15) is 23.9 Å². The SMILES string of the molecule is CC#CC(=O)N1CC[C@H](C(=O)N(C)C(C(=O)N[C@H]2Cc3cc(O)cc(c3)-c3ccc4c(c3)c(c(-c3ccccc3CCOC)n4CC)CC(C)(C)COC(=O)[C@@H]3CCCN(N3)C2=O)C(C)C)C1. The van der Waals surface area contributed by atoms with Crippen LogP contribution in [0.5, 0.6) is 5.75 Å². The van der Waals surface area contributed by atoms with E-state index in [4.69, 9.17) is 9.47 Å². The average Bonchev–Trinajstić information content (AvgIpc) is 3.92. The molecule has 0 spiro atoms. The number of phenolic OH excluding ortho intramolecular Hbond substituents is 1. The van der Waals surface area contributed by atoms with Crippen LogP contribution in [0.15, 0.2) is 60.7 Å². The summed E-state index contributed by atoms with van der Waals surface area (Å²) in [4.78, 5) is 72.7. The number of benzene rings is 3. The van der Waals surface area contributed by atoms with Crippen molar-refractivity contribution in [1.82, 2.24) is 30.1 Å². The summed E-state index contributed by atoms with van der Waals surface area (Å²) in [5.74, 6) is 2.22. The van der Waals surface area contributed by atoms with Crippen molar-refractivity contribution in [3.8, 4) is 40.0 Å². The first-order valence-electron chi connectivity index (χ1n) is 23.6. The minimum atomic E-state index is -1.16. The number of methoxy groups -OCH3 is 1. The Morgan fingerprint density at radius 3 is 2.55 bits per heavy atom. The fraction of sp³-hybridized carbons (Fsp3) is 0.491. The van der Waals surface area contributed by atoms with Crippen LogP contribution >= 0.6 is 0 Å². The minimum Gasteiger partial charge on any atom is -0.508 e. The number of phenols is 1. The van der Waals surface area contributed by atoms with E-state index in [1.807, 2.05) is 26.0 Å². The highest BCUT2D eigenvalue weighted by Crippen LogP contribution is 2.41. The van der Waals surface area contributed by atoms with Gasteiger partial charge in [0.15, 0.2) is 0 Å². The number of esters is 1. The molecule has 0 aliphatic carbocycles. The summed E-state index contributed by atoms with van der Waals surface area (Å²) < 4.78 is 14.0. The van der Waals surface area contributed by atoms with E-state index in [0.717, 1.165) is 50.8 Å². The summed E-state index contributed by atoms with van der Waals surface area (Å²) in [5.41, 5.74) is 10.3. The number of fused-ring (bicyclic) bond motifs is 6. The van der Waals surface area contributed by atoms with Crippen LogP contribution in [0, 0.1) is 29.1 Å². The average molecular weight is 915 g/mol. The molecule has 3 aliphatic rings. The predicted molar refractivity (Wildman–Crippen MR) is 257 cm³/mol. The van der Waals surface area contributed by atoms with E-state index >= 15 is 0 Å². The number of likely N-dealkylation sites (tertiary alicyclic amines) is 1. The molecule has 14 heteroatoms. The number of ether oxygens (including phenoxy) is 2. The molecular weight excluding hydrogens is 849 g/mol. The molecule has 0 saturated carbocycles. The van der Waals surface area contributed by atoms with Crippen molar-refractivity contribution in [2.45, 2.75) is 105 Å². The van der Waals surface area contributed by atoms with Crippen LogP contribution in [0.1, 0.15) is 77.5 Å². The van der Waals surface area contributed by atoms with Crippen molar-refractivity contribution in [2.24, 2.45) is 17.3 Å². The van der Waals surface area contributed by atoms with Crippen LogP contribution in [0.3, 0.4) is 0 Å². The van der Waals surface area contributed by atoms with Gasteiger partial charge in [-0.05, 0) is 110 Å². The Kier molecular flexibility index (Phi) is 15.1. The van der Waals surface area contributed by atoms with Gasteiger partial charge >= 0.3 is 5.97 Å². The van der Waals surface area contributed by atoms with Crippen molar-refractivity contribution in [1.29, 1.82) is 0 Å². The third-order valence-electron chi connectivity index (χ3n) is 13.4. The van der Waals surface area contributed by atoms with Gasteiger partial charge in [-0.3, -0.25) is 29.0 Å². The molecule has 4 heterocycles. The second-order valence-corrected chi connectivity index (χ2v) is 19.4. The van der Waals surface area contributed by atoms with Crippen molar-refractivity contribution in [3.63, 3.8) is 0 Å². The molecule has 3 aromatic carbocycles. The van der Waals surface area contributed by atoms with Gasteiger partial charge in [-0.2, -0.15) is 0 Å². The zero-order valence-corrected chi connectivity index (χ0v) is 40.2. The maximum absolute atomic E-state index is 14.7. The van der Waals surface area contributed by atoms with Gasteiger partial charge in [0.05, 0.1) is 24.8 Å². The van der Waals surface area contributed by atoms with Gasteiger partial charge in [-0.25, -0.2) is 5.43 Å². The molecule has 3 N–H and O–H groups in total. The zero-order chi connectivity index (χ0) is 48.2. The molecular formula is C53H66N6O8. The summed E-state index contributed by atoms with van der Waals surface area (Å²) >= 11 is 0. The number of aromatic nitrogens is 1. The second kappa shape index (κ2) is 20.8. The number of cyclic esters (lactones) is 1. The Bertz CT molecular complexity index is 2590. The van der Waals surface area contributed by atoms with Crippen molar-refractivity contribution in [2.75, 3.05) is 47.0 Å². The Balaban J connectivity index is 1.29. The third kappa shape index (κ3) is 10.7. The standard InChI is InChI=1S/C53H66N6O8/c1-9-14-46(61)57-23-20-37(31-57)50(63)56(7)47(33(3)4)49(62)54-44-27-34-25-38(28-39(60)26-34)36-18-19-45-41(29-36)42(48(58(45)10-2)40-16-12-11-15-35(40)21-24-66-8)30-53(5,6)32-67-52(65)43-17-13-22-59(55-43)51(44)64/h11-12,15-16,18-19,25-26,28-29,33,37,43-44,47,55,60H,10,13,17,20-24,27,30-32H2,1-8H3,(H,54,62)/t37-,43-,44-,47?/m0/s1. The summed E-state index contributed by atoms with van der Waals surface area (Å²) in [6.45, 7) is 13.9. The van der Waals surface area contributed by atoms with Crippen LogP contribution in [0.25, 0.3) is 33.3 Å². The maximum atomic E-state index is 14.7. The lowest BCUT2D eigenvalue weighted by molar-refractivity contribution is -0.155. The quantitative estimate of drug-likeness (QED) is 0.130. The second-order valence-electron chi connectivity index (χ2n) is 19.4. The molecule has 6 bridgehead atoms. The van der Waals surface area contributed by atoms with Gasteiger partial charge in [0, 0.05) is 68.6 Å². The predicted octanol–water partition coefficient (Wildman–Crippen LogP) is 5.89. The van der Waals surface area contributed by atoms with E-state index in [9.17, 15) is 29.1 Å². The Labute approximate surface area is 394 Å². The highest BCUT2D eigenvalue weighted by Gasteiger charge is 2.40. The van der Waals surface area contributed by atoms with Gasteiger partial charge in [0.2, 0.25) is 11.8 Å². The lowest BCUT2D eigenvalue weighted by Crippen LogP contribution is -2.62. The number of carbonyl (C=O) groups is 5. The number of likely N-dealkylation sites (N-methyl/N-ethyl adjacent to an activating group) is 1. The third-order valence-corrected chi connectivity index (χ3v) is 13.4. The number of hydrogen-bond acceptors (Lipinski definition) is 9. The number of hydrogen-bond donors (Lipinski definition) is 3. The number of nitrogens with zero attached hydrogens (tertiary/aromatic N) is 4. The molecule has 3 aliphatic heterocycles. The smallest absolute Gasteiger partial charge is 0.324 e. The van der Waals surface area contributed by atoms with Gasteiger partial charge in [0.25, 0.3) is 11.8 Å². The van der Waals surface area contributed by atoms with Crippen LogP contribution in [-0.2, 0) is 59.3 Å². The fourth-order valence-corrected chi connectivity index (χ4v) is 10.1. The summed E-state index contributed by atoms with van der Waals surface area (Å²) in [6.07, 6.45) is 2.72. The molecule has 7 rings (SSSR count). The molecule has 67 heavy (non-hydrogen) atoms. The lowest BCUT2D eigenvalue weighted by atomic mass is 9.83. The van der Waals surface area contributed by atoms with Crippen molar-refractivity contribution < 1.29 is 38.6 Å². The summed E-state index contributed by atoms with van der Waals surface area (Å²) in [7, 11) is 3.29. The fourth-order valence-electron chi connectivity index (χ4n) is 10.1. The molecule has 1 unspecified atom stereocenters. The number of carbonyl (C=O) groups excluding carboxylic acids is 5. The maximum Gasteiger partial charge on any atom is 0.324 e. The minimum absolute atomic E-state index is 0.00179. The van der Waals surface area contributed by atoms with Gasteiger partial charge in [-0.15, -0.1) is 0 Å². The molecule has 2 saturated heterocycles. The number of rotatable bonds is 10. The normalized spacial score (nSPS) is 20.2. The molecule has 4 atom stereocenters. The van der Waals surface area contributed by atoms with E-state index in [1.165, 1.54) is 9.91 Å². The topological polar surface area (TPSA) is 163 Å². The Morgan fingerprint density at radius 2 is 1.82 bits per heavy atom. The lowest BCUT2D eigenvalue weighted by Gasteiger charge is -2.37. The Hall–Kier alpha value is -6.17. The number of nitrogens with one attached hydrogen (secondary N) is 2. The molecule has 2 fully saturated rings. The zero-order valence-electron chi connectivity index (χ0n) is 40.2. The van der Waals surface area contributed by atoms with E-state index in [1.54, 1.807) is 38.1 Å². The van der Waals surface area contributed by atoms with Crippen molar-refractivity contribution >= 4 is 40.5 Å². The molecule has 4 amide bonds. The summed E-state index contributed by atoms with van der Waals surface area (Å²) in [6, 6.07) is 17.0. The van der Waals surface area contributed by atoms with E-state index in [-0.39, 0.29) is 49.6 Å². The largest absolute Gasteiger partial charge is 0.508 e. The first kappa shape index (κ1) is 48.8. The van der Waals surface area contributed by atoms with Gasteiger partial charge in [-0.1, -0.05) is 70.0 Å². The highest BCUT2D eigenvalue weighted by atomic mass is 16.5. The number of hydrazine groups is 1. The van der Waals surface area contributed by atoms with Crippen LogP contribution in [-0.4, -0.2) is 119 Å². The van der Waals surface area contributed by atoms with Crippen LogP contribution < -0.4 is 10.7 Å². The number of aryl methyl sites for hydroxylation is 1. The molecule has 1 aromatic heterocycles. The first-order chi connectivity index (χ1) is 32.0. The molecule has 356 valence electrons. The Morgan fingerprint density at radius 1 is 1.04 bits per heavy atom. The van der Waals surface area contributed by atoms with Crippen LogP contribution in [0.2, 0.25) is 0 Å².